The maximum atomic E-state index is 13.5. The van der Waals surface area contributed by atoms with E-state index in [1.807, 2.05) is 0 Å². The number of nitrogens with zero attached hydrogens (tertiary/aromatic N) is 2. The van der Waals surface area contributed by atoms with Gasteiger partial charge in [-0.3, -0.25) is 18.5 Å². The minimum Gasteiger partial charge on any atom is -0.348 e. The van der Waals surface area contributed by atoms with Gasteiger partial charge in [-0.1, -0.05) is 0 Å². The van der Waals surface area contributed by atoms with Gasteiger partial charge in [-0.05, 0) is 39.9 Å². The third-order valence-electron chi connectivity index (χ3n) is 3.64. The molecule has 0 saturated carbocycles. The Morgan fingerprint density at radius 2 is 1.32 bits per heavy atom. The summed E-state index contributed by atoms with van der Waals surface area (Å²) < 4.78 is 51.5. The fourth-order valence-corrected chi connectivity index (χ4v) is 7.52. The molecule has 0 aromatic carbocycles. The van der Waals surface area contributed by atoms with Crippen LogP contribution in [0.15, 0.2) is 10.9 Å². The predicted octanol–water partition coefficient (Wildman–Crippen LogP) is 3.68. The van der Waals surface area contributed by atoms with Crippen LogP contribution in [0.5, 0.6) is 0 Å². The highest BCUT2D eigenvalue weighted by molar-refractivity contribution is 7.73. The molecule has 162 valence electrons. The fourth-order valence-electron chi connectivity index (χ4n) is 2.41. The van der Waals surface area contributed by atoms with E-state index in [0.717, 1.165) is 0 Å². The van der Waals surface area contributed by atoms with Crippen molar-refractivity contribution in [1.29, 1.82) is 0 Å². The van der Waals surface area contributed by atoms with Crippen LogP contribution in [-0.4, -0.2) is 41.1 Å². The average Bonchev–Trinajstić information content (AvgIpc) is 2.62. The Kier molecular flexibility index (Phi) is 9.76. The molecular formula is C15H29N3O7P2S. The number of hydrogen-bond acceptors (Lipinski definition) is 9. The van der Waals surface area contributed by atoms with Gasteiger partial charge < -0.3 is 28.0 Å². The third kappa shape index (κ3) is 5.63. The highest BCUT2D eigenvalue weighted by Gasteiger charge is 2.51. The molecule has 1 N–H and O–H groups in total. The van der Waals surface area contributed by atoms with Crippen LogP contribution in [0.4, 0.5) is 5.82 Å². The molecule has 0 aliphatic carbocycles. The van der Waals surface area contributed by atoms with Crippen molar-refractivity contribution < 1.29 is 27.2 Å². The Balaban J connectivity index is 3.64. The molecule has 28 heavy (non-hydrogen) atoms. The number of nitrogens with one attached hydrogen (secondary N) is 1. The van der Waals surface area contributed by atoms with Gasteiger partial charge in [-0.2, -0.15) is 0 Å². The first-order valence-electron chi connectivity index (χ1n) is 8.91. The van der Waals surface area contributed by atoms with Crippen molar-refractivity contribution >= 4 is 33.2 Å². The molecule has 0 atom stereocenters. The lowest BCUT2D eigenvalue weighted by Gasteiger charge is -2.32. The Morgan fingerprint density at radius 1 is 0.929 bits per heavy atom. The van der Waals surface area contributed by atoms with Gasteiger partial charge >= 0.3 is 15.2 Å². The summed E-state index contributed by atoms with van der Waals surface area (Å²) in [5.41, 5.74) is -1.89. The van der Waals surface area contributed by atoms with Gasteiger partial charge in [-0.15, -0.1) is 0 Å². The molecule has 0 aliphatic heterocycles. The van der Waals surface area contributed by atoms with E-state index in [-0.39, 0.29) is 37.0 Å². The van der Waals surface area contributed by atoms with Gasteiger partial charge in [0.05, 0.1) is 26.4 Å². The van der Waals surface area contributed by atoms with Crippen LogP contribution in [0.1, 0.15) is 27.7 Å². The van der Waals surface area contributed by atoms with Gasteiger partial charge in [0, 0.05) is 20.2 Å². The van der Waals surface area contributed by atoms with Crippen LogP contribution in [-0.2, 0) is 41.3 Å². The summed E-state index contributed by atoms with van der Waals surface area (Å²) in [6.45, 7) is 6.71. The molecule has 0 saturated heterocycles. The lowest BCUT2D eigenvalue weighted by atomic mass is 10.5. The summed E-state index contributed by atoms with van der Waals surface area (Å²) in [5, 5.41) is 2.83. The van der Waals surface area contributed by atoms with Crippen molar-refractivity contribution in [3.63, 3.8) is 0 Å². The molecule has 1 aromatic rings. The van der Waals surface area contributed by atoms with Crippen molar-refractivity contribution in [2.45, 2.75) is 33.2 Å². The molecule has 0 aliphatic rings. The SMILES string of the molecule is CCOP(=O)(OCC)C(Nc1cc(=O)n(C)c(=S)n1C)P(=O)(OCC)OCC. The second-order valence-electron chi connectivity index (χ2n) is 5.54. The third-order valence-corrected chi connectivity index (χ3v) is 9.81. The zero-order valence-corrected chi connectivity index (χ0v) is 19.6. The number of aromatic nitrogens is 2. The molecule has 0 radical (unpaired) electrons. The average molecular weight is 457 g/mol. The van der Waals surface area contributed by atoms with E-state index in [9.17, 15) is 13.9 Å². The Hall–Kier alpha value is -0.800. The molecule has 13 heteroatoms. The standard InChI is InChI=1S/C15H29N3O7P2S/c1-7-22-26(20,23-8-2)14(27(21,24-9-3)25-10-4)16-12-11-13(19)18(6)15(28)17(12)5/h11,14,16H,7-10H2,1-6H3. The van der Waals surface area contributed by atoms with E-state index in [4.69, 9.17) is 30.3 Å². The molecule has 0 bridgehead atoms. The maximum absolute atomic E-state index is 13.5. The second-order valence-corrected chi connectivity index (χ2v) is 10.5. The molecular weight excluding hydrogens is 428 g/mol. The van der Waals surface area contributed by atoms with E-state index < -0.39 is 26.3 Å². The van der Waals surface area contributed by atoms with E-state index in [1.165, 1.54) is 22.2 Å². The van der Waals surface area contributed by atoms with E-state index >= 15 is 0 Å². The quantitative estimate of drug-likeness (QED) is 0.371. The highest BCUT2D eigenvalue weighted by Crippen LogP contribution is 2.70. The predicted molar refractivity (Wildman–Crippen MR) is 111 cm³/mol. The van der Waals surface area contributed by atoms with E-state index in [2.05, 4.69) is 5.32 Å². The number of rotatable bonds is 12. The molecule has 1 rings (SSSR count). The van der Waals surface area contributed by atoms with E-state index in [1.54, 1.807) is 34.7 Å². The van der Waals surface area contributed by atoms with Crippen LogP contribution >= 0.6 is 27.4 Å². The Bertz CT molecular complexity index is 820. The number of anilines is 1. The first-order valence-corrected chi connectivity index (χ1v) is 12.5. The van der Waals surface area contributed by atoms with Gasteiger partial charge in [0.2, 0.25) is 5.52 Å². The fraction of sp³-hybridized carbons (Fsp3) is 0.733. The monoisotopic (exact) mass is 457 g/mol. The molecule has 10 nitrogen and oxygen atoms in total. The van der Waals surface area contributed by atoms with Crippen molar-refractivity contribution in [2.24, 2.45) is 14.1 Å². The van der Waals surface area contributed by atoms with Crippen LogP contribution in [0.25, 0.3) is 0 Å². The van der Waals surface area contributed by atoms with Crippen LogP contribution < -0.4 is 10.9 Å². The topological polar surface area (TPSA) is 110 Å². The van der Waals surface area contributed by atoms with Crippen molar-refractivity contribution in [3.8, 4) is 0 Å². The Morgan fingerprint density at radius 3 is 1.68 bits per heavy atom. The maximum Gasteiger partial charge on any atom is 0.365 e. The second kappa shape index (κ2) is 10.8. The normalized spacial score (nSPS) is 12.5. The van der Waals surface area contributed by atoms with Gasteiger partial charge in [0.15, 0.2) is 4.77 Å². The van der Waals surface area contributed by atoms with Gasteiger partial charge in [0.25, 0.3) is 5.56 Å². The molecule has 0 spiro atoms. The minimum atomic E-state index is -4.02. The summed E-state index contributed by atoms with van der Waals surface area (Å²) >= 11 is 5.24. The zero-order chi connectivity index (χ0) is 21.5. The van der Waals surface area contributed by atoms with Crippen LogP contribution in [0.3, 0.4) is 0 Å². The first-order chi connectivity index (χ1) is 13.1. The lowest BCUT2D eigenvalue weighted by molar-refractivity contribution is 0.198. The summed E-state index contributed by atoms with van der Waals surface area (Å²) in [6, 6.07) is 1.24. The molecule has 0 amide bonds. The molecule has 1 aromatic heterocycles. The summed E-state index contributed by atoms with van der Waals surface area (Å²) in [7, 11) is -4.90. The first kappa shape index (κ1) is 25.2. The van der Waals surface area contributed by atoms with Crippen molar-refractivity contribution in [1.82, 2.24) is 9.13 Å². The largest absolute Gasteiger partial charge is 0.365 e. The van der Waals surface area contributed by atoms with Gasteiger partial charge in [-0.25, -0.2) is 0 Å². The molecule has 1 heterocycles. The highest BCUT2D eigenvalue weighted by atomic mass is 32.1. The van der Waals surface area contributed by atoms with Crippen molar-refractivity contribution in [3.05, 3.63) is 21.2 Å². The van der Waals surface area contributed by atoms with Crippen LogP contribution in [0, 0.1) is 4.77 Å². The summed E-state index contributed by atoms with van der Waals surface area (Å²) in [4.78, 5) is 12.2. The van der Waals surface area contributed by atoms with Crippen LogP contribution in [0.2, 0.25) is 0 Å². The lowest BCUT2D eigenvalue weighted by Crippen LogP contribution is -2.29. The summed E-state index contributed by atoms with van der Waals surface area (Å²) in [5.74, 6) is 0.178. The molecule has 0 fully saturated rings. The Labute approximate surface area is 170 Å². The van der Waals surface area contributed by atoms with E-state index in [0.29, 0.717) is 0 Å². The minimum absolute atomic E-state index is 0.0443. The summed E-state index contributed by atoms with van der Waals surface area (Å²) in [6.07, 6.45) is 0. The smallest absolute Gasteiger partial charge is 0.348 e. The van der Waals surface area contributed by atoms with Crippen molar-refractivity contribution in [2.75, 3.05) is 31.7 Å². The number of hydrogen-bond donors (Lipinski definition) is 1. The zero-order valence-electron chi connectivity index (χ0n) is 17.0. The van der Waals surface area contributed by atoms with Gasteiger partial charge in [0.1, 0.15) is 5.82 Å². The molecule has 0 unspecified atom stereocenters.